The summed E-state index contributed by atoms with van der Waals surface area (Å²) >= 11 is 5.99. The fourth-order valence-corrected chi connectivity index (χ4v) is 1.74. The maximum Gasteiger partial charge on any atom is 0.317 e. The Bertz CT molecular complexity index is 586. The van der Waals surface area contributed by atoms with E-state index in [0.717, 1.165) is 5.56 Å². The van der Waals surface area contributed by atoms with Gasteiger partial charge in [0.25, 0.3) is 0 Å². The molecule has 0 bridgehead atoms. The van der Waals surface area contributed by atoms with Gasteiger partial charge in [-0.15, -0.1) is 0 Å². The first-order valence-electron chi connectivity index (χ1n) is 5.05. The van der Waals surface area contributed by atoms with Crippen LogP contribution >= 0.6 is 11.6 Å². The summed E-state index contributed by atoms with van der Waals surface area (Å²) < 4.78 is 12.8. The molecule has 2 aromatic rings. The van der Waals surface area contributed by atoms with Crippen molar-refractivity contribution in [3.05, 3.63) is 47.4 Å². The number of nitrogens with two attached hydrogens (primary N) is 1. The number of hydrogen-bond acceptors (Lipinski definition) is 2. The molecule has 0 atom stereocenters. The summed E-state index contributed by atoms with van der Waals surface area (Å²) in [6.45, 7) is 0. The number of hydrogen-bond donors (Lipinski definition) is 2. The molecule has 1 aromatic heterocycles. The first-order valence-corrected chi connectivity index (χ1v) is 5.43. The Balaban J connectivity index is 2.35. The van der Waals surface area contributed by atoms with E-state index in [-0.39, 0.29) is 16.8 Å². The first-order chi connectivity index (χ1) is 8.56. The maximum atomic E-state index is 12.8. The van der Waals surface area contributed by atoms with Crippen molar-refractivity contribution in [1.82, 2.24) is 4.98 Å². The van der Waals surface area contributed by atoms with E-state index in [1.165, 1.54) is 12.1 Å². The Morgan fingerprint density at radius 2 is 1.89 bits per heavy atom. The number of amides is 2. The number of primary amides is 1. The summed E-state index contributed by atoms with van der Waals surface area (Å²) in [6.07, 6.45) is 0. The minimum atomic E-state index is -0.715. The summed E-state index contributed by atoms with van der Waals surface area (Å²) in [6, 6.07) is 8.39. The summed E-state index contributed by atoms with van der Waals surface area (Å²) in [5, 5.41) is 2.52. The highest BCUT2D eigenvalue weighted by Crippen LogP contribution is 2.27. The van der Waals surface area contributed by atoms with Crippen molar-refractivity contribution >= 4 is 23.4 Å². The summed E-state index contributed by atoms with van der Waals surface area (Å²) in [7, 11) is 0. The number of nitrogens with one attached hydrogen (secondary N) is 1. The Kier molecular flexibility index (Phi) is 3.43. The number of anilines is 1. The molecule has 0 aliphatic heterocycles. The number of halogens is 2. The molecule has 0 saturated heterocycles. The van der Waals surface area contributed by atoms with E-state index in [1.54, 1.807) is 24.3 Å². The van der Waals surface area contributed by atoms with Gasteiger partial charge in [0, 0.05) is 5.56 Å². The molecule has 92 valence electrons. The topological polar surface area (TPSA) is 68.0 Å². The van der Waals surface area contributed by atoms with Gasteiger partial charge in [0.1, 0.15) is 16.8 Å². The number of benzene rings is 1. The molecule has 2 rings (SSSR count). The normalized spacial score (nSPS) is 10.1. The van der Waals surface area contributed by atoms with E-state index in [0.29, 0.717) is 5.56 Å². The lowest BCUT2D eigenvalue weighted by molar-refractivity contribution is 0.259. The lowest BCUT2D eigenvalue weighted by Crippen LogP contribution is -2.19. The summed E-state index contributed by atoms with van der Waals surface area (Å²) in [5.41, 5.74) is 6.35. The number of rotatable bonds is 2. The summed E-state index contributed by atoms with van der Waals surface area (Å²) in [5.74, 6) is -0.0618. The van der Waals surface area contributed by atoms with Crippen LogP contribution in [0.4, 0.5) is 15.0 Å². The molecule has 0 aliphatic carbocycles. The summed E-state index contributed by atoms with van der Waals surface area (Å²) in [4.78, 5) is 14.6. The third kappa shape index (κ3) is 2.75. The Morgan fingerprint density at radius 3 is 2.44 bits per heavy atom. The van der Waals surface area contributed by atoms with Crippen LogP contribution in [0.2, 0.25) is 5.15 Å². The van der Waals surface area contributed by atoms with E-state index in [9.17, 15) is 9.18 Å². The third-order valence-electron chi connectivity index (χ3n) is 2.26. The van der Waals surface area contributed by atoms with Crippen molar-refractivity contribution in [2.45, 2.75) is 0 Å². The van der Waals surface area contributed by atoms with Crippen molar-refractivity contribution in [3.8, 4) is 11.1 Å². The molecule has 0 unspecified atom stereocenters. The van der Waals surface area contributed by atoms with Gasteiger partial charge in [0.2, 0.25) is 0 Å². The van der Waals surface area contributed by atoms with E-state index in [4.69, 9.17) is 17.3 Å². The number of carbonyl (C=O) groups is 1. The highest BCUT2D eigenvalue weighted by Gasteiger charge is 2.07. The molecule has 3 N–H and O–H groups in total. The van der Waals surface area contributed by atoms with Crippen LogP contribution in [-0.2, 0) is 0 Å². The molecule has 0 radical (unpaired) electrons. The zero-order valence-electron chi connectivity index (χ0n) is 9.15. The second-order valence-electron chi connectivity index (χ2n) is 3.53. The molecule has 0 spiro atoms. The number of nitrogens with zero attached hydrogens (tertiary/aromatic N) is 1. The molecule has 1 aromatic carbocycles. The molecule has 4 nitrogen and oxygen atoms in total. The highest BCUT2D eigenvalue weighted by molar-refractivity contribution is 6.32. The lowest BCUT2D eigenvalue weighted by Gasteiger charge is -2.06. The first kappa shape index (κ1) is 12.3. The van der Waals surface area contributed by atoms with E-state index in [2.05, 4.69) is 10.3 Å². The van der Waals surface area contributed by atoms with Crippen LogP contribution in [0, 0.1) is 5.82 Å². The average molecular weight is 266 g/mol. The van der Waals surface area contributed by atoms with Crippen LogP contribution in [0.5, 0.6) is 0 Å². The van der Waals surface area contributed by atoms with Crippen molar-refractivity contribution < 1.29 is 9.18 Å². The highest BCUT2D eigenvalue weighted by atomic mass is 35.5. The van der Waals surface area contributed by atoms with Crippen molar-refractivity contribution in [2.24, 2.45) is 5.73 Å². The fourth-order valence-electron chi connectivity index (χ4n) is 1.47. The van der Waals surface area contributed by atoms with Crippen LogP contribution in [-0.4, -0.2) is 11.0 Å². The van der Waals surface area contributed by atoms with Gasteiger partial charge < -0.3 is 5.73 Å². The number of pyridine rings is 1. The molecule has 6 heteroatoms. The molecule has 0 fully saturated rings. The molecule has 0 aliphatic rings. The minimum Gasteiger partial charge on any atom is -0.351 e. The zero-order valence-corrected chi connectivity index (χ0v) is 9.91. The van der Waals surface area contributed by atoms with Gasteiger partial charge in [-0.2, -0.15) is 0 Å². The molecule has 2 amide bonds. The predicted octanol–water partition coefficient (Wildman–Crippen LogP) is 3.03. The van der Waals surface area contributed by atoms with Crippen LogP contribution in [0.15, 0.2) is 36.4 Å². The van der Waals surface area contributed by atoms with Gasteiger partial charge in [-0.3, -0.25) is 5.32 Å². The van der Waals surface area contributed by atoms with Gasteiger partial charge in [0.05, 0.1) is 0 Å². The van der Waals surface area contributed by atoms with Crippen molar-refractivity contribution in [3.63, 3.8) is 0 Å². The number of aromatic nitrogens is 1. The van der Waals surface area contributed by atoms with E-state index >= 15 is 0 Å². The number of urea groups is 1. The maximum absolute atomic E-state index is 12.8. The average Bonchev–Trinajstić information content (AvgIpc) is 2.30. The van der Waals surface area contributed by atoms with Crippen LogP contribution in [0.3, 0.4) is 0 Å². The minimum absolute atomic E-state index is 0.202. The van der Waals surface area contributed by atoms with E-state index in [1.807, 2.05) is 0 Å². The predicted molar refractivity (Wildman–Crippen MR) is 67.8 cm³/mol. The Hall–Kier alpha value is -2.14. The third-order valence-corrected chi connectivity index (χ3v) is 2.54. The lowest BCUT2D eigenvalue weighted by atomic mass is 10.1. The Morgan fingerprint density at radius 1 is 1.22 bits per heavy atom. The van der Waals surface area contributed by atoms with Gasteiger partial charge in [-0.25, -0.2) is 14.2 Å². The SMILES string of the molecule is NC(=O)Nc1ccc(-c2ccc(F)cc2)c(Cl)n1. The van der Waals surface area contributed by atoms with Gasteiger partial charge in [0.15, 0.2) is 0 Å². The molecular weight excluding hydrogens is 257 g/mol. The number of carbonyl (C=O) groups excluding carboxylic acids is 1. The molecule has 1 heterocycles. The fraction of sp³-hybridized carbons (Fsp3) is 0. The van der Waals surface area contributed by atoms with Crippen molar-refractivity contribution in [1.29, 1.82) is 0 Å². The van der Waals surface area contributed by atoms with Crippen LogP contribution in [0.1, 0.15) is 0 Å². The standard InChI is InChI=1S/C12H9ClFN3O/c13-11-9(7-1-3-8(14)4-2-7)5-6-10(16-11)17-12(15)18/h1-6H,(H3,15,16,17,18). The van der Waals surface area contributed by atoms with Crippen LogP contribution in [0.25, 0.3) is 11.1 Å². The monoisotopic (exact) mass is 265 g/mol. The molecule has 18 heavy (non-hydrogen) atoms. The smallest absolute Gasteiger partial charge is 0.317 e. The van der Waals surface area contributed by atoms with Gasteiger partial charge in [-0.1, -0.05) is 23.7 Å². The van der Waals surface area contributed by atoms with Gasteiger partial charge >= 0.3 is 6.03 Å². The second-order valence-corrected chi connectivity index (χ2v) is 3.89. The van der Waals surface area contributed by atoms with Gasteiger partial charge in [-0.05, 0) is 29.8 Å². The molecular formula is C12H9ClFN3O. The molecule has 0 saturated carbocycles. The quantitative estimate of drug-likeness (QED) is 0.820. The largest absolute Gasteiger partial charge is 0.351 e. The van der Waals surface area contributed by atoms with E-state index < -0.39 is 6.03 Å². The Labute approximate surface area is 108 Å². The van der Waals surface area contributed by atoms with Crippen LogP contribution < -0.4 is 11.1 Å². The van der Waals surface area contributed by atoms with Crippen molar-refractivity contribution in [2.75, 3.05) is 5.32 Å². The second kappa shape index (κ2) is 5.01. The zero-order chi connectivity index (χ0) is 13.1.